The van der Waals surface area contributed by atoms with E-state index in [1.165, 1.54) is 0 Å². The minimum absolute atomic E-state index is 0. The van der Waals surface area contributed by atoms with E-state index in [1.54, 1.807) is 6.07 Å². The van der Waals surface area contributed by atoms with Gasteiger partial charge in [-0.2, -0.15) is 0 Å². The zero-order chi connectivity index (χ0) is 17.7. The number of aromatic nitrogens is 2. The predicted octanol–water partition coefficient (Wildman–Crippen LogP) is 6.60. The van der Waals surface area contributed by atoms with Crippen molar-refractivity contribution in [1.29, 1.82) is 0 Å². The van der Waals surface area contributed by atoms with Gasteiger partial charge < -0.3 is 5.32 Å². The molecule has 0 unspecified atom stereocenters. The van der Waals surface area contributed by atoms with E-state index in [1.807, 2.05) is 12.1 Å². The summed E-state index contributed by atoms with van der Waals surface area (Å²) in [5, 5.41) is 4.78. The number of benzene rings is 1. The summed E-state index contributed by atoms with van der Waals surface area (Å²) < 4.78 is 0. The van der Waals surface area contributed by atoms with Gasteiger partial charge in [0, 0.05) is 16.6 Å². The third-order valence-corrected chi connectivity index (χ3v) is 4.77. The molecule has 0 spiro atoms. The number of hydrogen-bond donors (Lipinski definition) is 1. The Balaban J connectivity index is 0.00000312. The number of nitrogens with zero attached hydrogens (tertiary/aromatic N) is 2. The lowest BCUT2D eigenvalue weighted by Crippen LogP contribution is -2.20. The van der Waals surface area contributed by atoms with Gasteiger partial charge in [0.1, 0.15) is 5.82 Å². The van der Waals surface area contributed by atoms with Crippen molar-refractivity contribution >= 4 is 41.4 Å². The Hall–Kier alpha value is -1.03. The van der Waals surface area contributed by atoms with Crippen LogP contribution in [-0.2, 0) is 12.8 Å². The quantitative estimate of drug-likeness (QED) is 0.567. The highest BCUT2D eigenvalue weighted by Gasteiger charge is 2.17. The molecule has 1 aromatic heterocycles. The second kappa shape index (κ2) is 10.2. The molecule has 0 amide bonds. The van der Waals surface area contributed by atoms with Crippen LogP contribution in [-0.4, -0.2) is 16.0 Å². The van der Waals surface area contributed by atoms with Gasteiger partial charge in [0.05, 0.1) is 22.1 Å². The number of nitrogens with one attached hydrogen (secondary N) is 1. The molecule has 0 saturated heterocycles. The fourth-order valence-corrected chi connectivity index (χ4v) is 3.19. The van der Waals surface area contributed by atoms with Crippen molar-refractivity contribution in [3.05, 3.63) is 39.6 Å². The zero-order valence-corrected chi connectivity index (χ0v) is 17.5. The van der Waals surface area contributed by atoms with Crippen LogP contribution in [0.1, 0.15) is 51.9 Å². The van der Waals surface area contributed by atoms with Gasteiger partial charge in [-0.15, -0.1) is 12.4 Å². The molecule has 2 aromatic rings. The van der Waals surface area contributed by atoms with Crippen molar-refractivity contribution in [2.75, 3.05) is 5.32 Å². The minimum Gasteiger partial charge on any atom is -0.366 e. The number of anilines is 1. The Morgan fingerprint density at radius 3 is 2.12 bits per heavy atom. The molecular weight excluding hydrogens is 377 g/mol. The van der Waals surface area contributed by atoms with E-state index in [9.17, 15) is 0 Å². The SMILES string of the molecule is CCc1nc(-c2ccc(Cl)cc2Cl)c(CC)nc1NC(CC)CC.Cl. The van der Waals surface area contributed by atoms with Crippen molar-refractivity contribution in [2.45, 2.75) is 59.4 Å². The second-order valence-corrected chi connectivity index (χ2v) is 6.65. The van der Waals surface area contributed by atoms with Gasteiger partial charge in [-0.3, -0.25) is 0 Å². The standard InChI is InChI=1S/C19H25Cl2N3.ClH/c1-5-13(6-2)22-19-17(8-4)23-18(16(7-3)24-19)14-10-9-12(20)11-15(14)21;/h9-11,13H,5-8H2,1-4H3,(H,22,24);1H. The van der Waals surface area contributed by atoms with Crippen LogP contribution in [0.25, 0.3) is 11.3 Å². The van der Waals surface area contributed by atoms with Crippen LogP contribution in [0.2, 0.25) is 10.0 Å². The maximum Gasteiger partial charge on any atom is 0.148 e. The summed E-state index contributed by atoms with van der Waals surface area (Å²) in [7, 11) is 0. The summed E-state index contributed by atoms with van der Waals surface area (Å²) in [5.74, 6) is 0.900. The van der Waals surface area contributed by atoms with Crippen LogP contribution in [0.15, 0.2) is 18.2 Å². The topological polar surface area (TPSA) is 37.8 Å². The monoisotopic (exact) mass is 401 g/mol. The van der Waals surface area contributed by atoms with Crippen LogP contribution in [0.5, 0.6) is 0 Å². The number of halogens is 3. The lowest BCUT2D eigenvalue weighted by Gasteiger charge is -2.20. The summed E-state index contributed by atoms with van der Waals surface area (Å²) in [5.41, 5.74) is 3.66. The van der Waals surface area contributed by atoms with Crippen molar-refractivity contribution in [2.24, 2.45) is 0 Å². The summed E-state index contributed by atoms with van der Waals surface area (Å²) in [6.45, 7) is 8.55. The van der Waals surface area contributed by atoms with E-state index < -0.39 is 0 Å². The van der Waals surface area contributed by atoms with Crippen LogP contribution in [0.4, 0.5) is 5.82 Å². The molecule has 3 nitrogen and oxygen atoms in total. The molecule has 0 radical (unpaired) electrons. The lowest BCUT2D eigenvalue weighted by atomic mass is 10.1. The van der Waals surface area contributed by atoms with E-state index in [-0.39, 0.29) is 12.4 Å². The van der Waals surface area contributed by atoms with Gasteiger partial charge in [0.15, 0.2) is 0 Å². The van der Waals surface area contributed by atoms with E-state index in [2.05, 4.69) is 33.0 Å². The van der Waals surface area contributed by atoms with Crippen LogP contribution >= 0.6 is 35.6 Å². The third-order valence-electron chi connectivity index (χ3n) is 4.22. The largest absolute Gasteiger partial charge is 0.366 e. The highest BCUT2D eigenvalue weighted by atomic mass is 35.5. The molecule has 0 aliphatic rings. The fourth-order valence-electron chi connectivity index (χ4n) is 2.70. The molecule has 1 heterocycles. The molecule has 25 heavy (non-hydrogen) atoms. The zero-order valence-electron chi connectivity index (χ0n) is 15.2. The Bertz CT molecular complexity index is 701. The van der Waals surface area contributed by atoms with Crippen molar-refractivity contribution < 1.29 is 0 Å². The molecule has 1 N–H and O–H groups in total. The molecule has 0 aliphatic heterocycles. The van der Waals surface area contributed by atoms with Crippen LogP contribution < -0.4 is 5.32 Å². The third kappa shape index (κ3) is 5.22. The summed E-state index contributed by atoms with van der Waals surface area (Å²) in [4.78, 5) is 9.76. The number of hydrogen-bond acceptors (Lipinski definition) is 3. The summed E-state index contributed by atoms with van der Waals surface area (Å²) in [6.07, 6.45) is 3.74. The first-order valence-corrected chi connectivity index (χ1v) is 9.41. The number of rotatable bonds is 7. The smallest absolute Gasteiger partial charge is 0.148 e. The van der Waals surface area contributed by atoms with Gasteiger partial charge in [0.25, 0.3) is 0 Å². The first kappa shape index (κ1) is 22.0. The number of aryl methyl sites for hydroxylation is 2. The normalized spacial score (nSPS) is 10.7. The lowest BCUT2D eigenvalue weighted by molar-refractivity contribution is 0.665. The van der Waals surface area contributed by atoms with Crippen molar-refractivity contribution in [1.82, 2.24) is 9.97 Å². The van der Waals surface area contributed by atoms with Crippen molar-refractivity contribution in [3.8, 4) is 11.3 Å². The van der Waals surface area contributed by atoms with Crippen LogP contribution in [0, 0.1) is 0 Å². The molecule has 0 atom stereocenters. The van der Waals surface area contributed by atoms with Gasteiger partial charge in [-0.25, -0.2) is 9.97 Å². The van der Waals surface area contributed by atoms with E-state index >= 15 is 0 Å². The molecule has 0 saturated carbocycles. The summed E-state index contributed by atoms with van der Waals surface area (Å²) in [6, 6.07) is 5.92. The molecule has 0 aliphatic carbocycles. The highest BCUT2D eigenvalue weighted by molar-refractivity contribution is 6.36. The van der Waals surface area contributed by atoms with Crippen molar-refractivity contribution in [3.63, 3.8) is 0 Å². The molecule has 0 bridgehead atoms. The maximum absolute atomic E-state index is 6.39. The first-order chi connectivity index (χ1) is 11.5. The van der Waals surface area contributed by atoms with Gasteiger partial charge >= 0.3 is 0 Å². The first-order valence-electron chi connectivity index (χ1n) is 8.65. The Morgan fingerprint density at radius 2 is 1.60 bits per heavy atom. The van der Waals surface area contributed by atoms with E-state index in [0.29, 0.717) is 16.1 Å². The van der Waals surface area contributed by atoms with E-state index in [4.69, 9.17) is 33.2 Å². The van der Waals surface area contributed by atoms with Gasteiger partial charge in [0.2, 0.25) is 0 Å². The Kier molecular flexibility index (Phi) is 8.98. The molecule has 6 heteroatoms. The summed E-state index contributed by atoms with van der Waals surface area (Å²) >= 11 is 12.4. The molecule has 138 valence electrons. The molecule has 0 fully saturated rings. The highest BCUT2D eigenvalue weighted by Crippen LogP contribution is 2.32. The minimum atomic E-state index is 0. The molecule has 1 aromatic carbocycles. The fraction of sp³-hybridized carbons (Fsp3) is 0.474. The van der Waals surface area contributed by atoms with Gasteiger partial charge in [-0.1, -0.05) is 50.9 Å². The average molecular weight is 403 g/mol. The second-order valence-electron chi connectivity index (χ2n) is 5.80. The Morgan fingerprint density at radius 1 is 0.960 bits per heavy atom. The maximum atomic E-state index is 6.39. The Labute approximate surface area is 167 Å². The average Bonchev–Trinajstić information content (AvgIpc) is 2.59. The van der Waals surface area contributed by atoms with Crippen LogP contribution in [0.3, 0.4) is 0 Å². The predicted molar refractivity (Wildman–Crippen MR) is 111 cm³/mol. The molecular formula is C19H26Cl3N3. The molecule has 2 rings (SSSR count). The van der Waals surface area contributed by atoms with Gasteiger partial charge in [-0.05, 0) is 43.9 Å². The van der Waals surface area contributed by atoms with E-state index in [0.717, 1.165) is 54.1 Å².